The lowest BCUT2D eigenvalue weighted by Gasteiger charge is -2.26. The first-order valence-electron chi connectivity index (χ1n) is 8.78. The molecular weight excluding hydrogens is 406 g/mol. The van der Waals surface area contributed by atoms with E-state index in [4.69, 9.17) is 16.6 Å². The SMILES string of the molecule is CC(C)[C@H](N)C(=O)N[C@@H](CS)C(=O)N[C@H](C(=O)N[C@@H](CC(N)=O)C(=O)O)[C@@H](C)O. The molecule has 0 bridgehead atoms. The van der Waals surface area contributed by atoms with Gasteiger partial charge in [-0.05, 0) is 12.8 Å². The van der Waals surface area contributed by atoms with Crippen molar-refractivity contribution in [3.8, 4) is 0 Å². The Kier molecular flexibility index (Phi) is 11.2. The smallest absolute Gasteiger partial charge is 0.326 e. The van der Waals surface area contributed by atoms with Gasteiger partial charge in [-0.3, -0.25) is 19.2 Å². The molecule has 0 aromatic rings. The first-order chi connectivity index (χ1) is 13.3. The summed E-state index contributed by atoms with van der Waals surface area (Å²) in [6, 6.07) is -5.23. The van der Waals surface area contributed by atoms with Gasteiger partial charge in [-0.1, -0.05) is 13.8 Å². The van der Waals surface area contributed by atoms with Crippen LogP contribution in [0.25, 0.3) is 0 Å². The number of carbonyl (C=O) groups excluding carboxylic acids is 4. The molecule has 29 heavy (non-hydrogen) atoms. The second-order valence-electron chi connectivity index (χ2n) is 6.81. The second kappa shape index (κ2) is 12.2. The molecule has 0 spiro atoms. The number of hydrogen-bond donors (Lipinski definition) is 8. The van der Waals surface area contributed by atoms with Crippen molar-refractivity contribution in [2.24, 2.45) is 17.4 Å². The van der Waals surface area contributed by atoms with Crippen LogP contribution in [0.4, 0.5) is 0 Å². The predicted molar refractivity (Wildman–Crippen MR) is 106 cm³/mol. The van der Waals surface area contributed by atoms with Crippen LogP contribution in [0.1, 0.15) is 27.2 Å². The van der Waals surface area contributed by atoms with E-state index >= 15 is 0 Å². The summed E-state index contributed by atoms with van der Waals surface area (Å²) in [5.74, 6) is -5.29. The van der Waals surface area contributed by atoms with Gasteiger partial charge in [0.2, 0.25) is 23.6 Å². The molecule has 0 aliphatic rings. The number of aliphatic hydroxyl groups excluding tert-OH is 1. The summed E-state index contributed by atoms with van der Waals surface area (Å²) in [7, 11) is 0. The third-order valence-corrected chi connectivity index (χ3v) is 4.28. The number of carboxylic acids is 1. The zero-order valence-electron chi connectivity index (χ0n) is 16.4. The van der Waals surface area contributed by atoms with E-state index in [1.807, 2.05) is 5.32 Å². The Morgan fingerprint density at radius 2 is 1.45 bits per heavy atom. The Labute approximate surface area is 173 Å². The van der Waals surface area contributed by atoms with Gasteiger partial charge in [0.15, 0.2) is 0 Å². The topological polar surface area (TPSA) is 214 Å². The lowest BCUT2D eigenvalue weighted by Crippen LogP contribution is -2.60. The van der Waals surface area contributed by atoms with Crippen molar-refractivity contribution in [3.05, 3.63) is 0 Å². The number of nitrogens with one attached hydrogen (secondary N) is 3. The first-order valence-corrected chi connectivity index (χ1v) is 9.41. The van der Waals surface area contributed by atoms with Crippen LogP contribution in [0.5, 0.6) is 0 Å². The van der Waals surface area contributed by atoms with Crippen molar-refractivity contribution in [2.45, 2.75) is 57.5 Å². The number of carboxylic acid groups (broad SMARTS) is 1. The van der Waals surface area contributed by atoms with E-state index in [1.165, 1.54) is 6.92 Å². The summed E-state index contributed by atoms with van der Waals surface area (Å²) < 4.78 is 0. The summed E-state index contributed by atoms with van der Waals surface area (Å²) in [6.45, 7) is 4.63. The van der Waals surface area contributed by atoms with E-state index in [0.717, 1.165) is 0 Å². The lowest BCUT2D eigenvalue weighted by molar-refractivity contribution is -0.144. The molecule has 0 rings (SSSR count). The fraction of sp³-hybridized carbons (Fsp3) is 0.688. The largest absolute Gasteiger partial charge is 0.480 e. The first kappa shape index (κ1) is 26.6. The Bertz CT molecular complexity index is 629. The highest BCUT2D eigenvalue weighted by atomic mass is 32.1. The molecule has 0 aromatic heterocycles. The Hall–Kier alpha value is -2.38. The highest BCUT2D eigenvalue weighted by Crippen LogP contribution is 2.02. The van der Waals surface area contributed by atoms with Gasteiger partial charge in [-0.2, -0.15) is 12.6 Å². The van der Waals surface area contributed by atoms with Crippen LogP contribution in [0.2, 0.25) is 0 Å². The molecular formula is C16H29N5O7S. The summed E-state index contributed by atoms with van der Waals surface area (Å²) in [4.78, 5) is 58.9. The molecule has 0 aromatic carbocycles. The maximum atomic E-state index is 12.4. The van der Waals surface area contributed by atoms with E-state index in [2.05, 4.69) is 23.3 Å². The van der Waals surface area contributed by atoms with Crippen molar-refractivity contribution in [1.29, 1.82) is 0 Å². The standard InChI is InChI=1S/C16H29N5O7S/c1-6(2)11(18)14(25)20-9(5-29)13(24)21-12(7(3)22)15(26)19-8(16(27)28)4-10(17)23/h6-9,11-12,22,29H,4-5,18H2,1-3H3,(H2,17,23)(H,19,26)(H,20,25)(H,21,24)(H,27,28)/t7-,8+,9+,11+,12+/m1/s1. The third-order valence-electron chi connectivity index (χ3n) is 3.92. The van der Waals surface area contributed by atoms with Crippen molar-refractivity contribution in [3.63, 3.8) is 0 Å². The van der Waals surface area contributed by atoms with Crippen molar-refractivity contribution < 1.29 is 34.2 Å². The van der Waals surface area contributed by atoms with Crippen LogP contribution >= 0.6 is 12.6 Å². The maximum Gasteiger partial charge on any atom is 0.326 e. The molecule has 5 atom stereocenters. The van der Waals surface area contributed by atoms with E-state index in [0.29, 0.717) is 0 Å². The van der Waals surface area contributed by atoms with Gasteiger partial charge in [-0.25, -0.2) is 4.79 Å². The van der Waals surface area contributed by atoms with Crippen molar-refractivity contribution >= 4 is 42.2 Å². The molecule has 0 aliphatic heterocycles. The zero-order valence-corrected chi connectivity index (χ0v) is 17.3. The number of carbonyl (C=O) groups is 5. The average molecular weight is 436 g/mol. The van der Waals surface area contributed by atoms with E-state index in [9.17, 15) is 29.1 Å². The molecule has 166 valence electrons. The number of rotatable bonds is 12. The Morgan fingerprint density at radius 1 is 0.931 bits per heavy atom. The summed E-state index contributed by atoms with van der Waals surface area (Å²) in [6.07, 6.45) is -2.10. The number of nitrogens with two attached hydrogens (primary N) is 2. The third kappa shape index (κ3) is 9.11. The number of aliphatic carboxylic acids is 1. The highest BCUT2D eigenvalue weighted by Gasteiger charge is 2.33. The predicted octanol–water partition coefficient (Wildman–Crippen LogP) is -3.31. The molecule has 0 unspecified atom stereocenters. The minimum atomic E-state index is -1.64. The van der Waals surface area contributed by atoms with Crippen molar-refractivity contribution in [1.82, 2.24) is 16.0 Å². The minimum Gasteiger partial charge on any atom is -0.480 e. The molecule has 13 heteroatoms. The molecule has 9 N–H and O–H groups in total. The number of primary amides is 1. The van der Waals surface area contributed by atoms with Crippen LogP contribution in [0.3, 0.4) is 0 Å². The molecule has 4 amide bonds. The Balaban J connectivity index is 5.22. The van der Waals surface area contributed by atoms with Gasteiger partial charge in [-0.15, -0.1) is 0 Å². The van der Waals surface area contributed by atoms with Gasteiger partial charge in [0.05, 0.1) is 18.6 Å². The van der Waals surface area contributed by atoms with Gasteiger partial charge in [0.25, 0.3) is 0 Å². The molecule has 0 fully saturated rings. The van der Waals surface area contributed by atoms with E-state index in [1.54, 1.807) is 13.8 Å². The number of amides is 4. The van der Waals surface area contributed by atoms with Crippen LogP contribution in [0, 0.1) is 5.92 Å². The highest BCUT2D eigenvalue weighted by molar-refractivity contribution is 7.80. The summed E-state index contributed by atoms with van der Waals surface area (Å²) in [5, 5.41) is 25.5. The summed E-state index contributed by atoms with van der Waals surface area (Å²) >= 11 is 3.99. The quantitative estimate of drug-likeness (QED) is 0.145. The second-order valence-corrected chi connectivity index (χ2v) is 7.18. The van der Waals surface area contributed by atoms with Crippen LogP contribution in [0.15, 0.2) is 0 Å². The fourth-order valence-corrected chi connectivity index (χ4v) is 2.34. The molecule has 12 nitrogen and oxygen atoms in total. The lowest BCUT2D eigenvalue weighted by atomic mass is 10.0. The molecule has 0 saturated carbocycles. The fourth-order valence-electron chi connectivity index (χ4n) is 2.09. The van der Waals surface area contributed by atoms with Gasteiger partial charge in [0.1, 0.15) is 18.1 Å². The van der Waals surface area contributed by atoms with E-state index < -0.39 is 66.3 Å². The maximum absolute atomic E-state index is 12.4. The van der Waals surface area contributed by atoms with Crippen molar-refractivity contribution in [2.75, 3.05) is 5.75 Å². The van der Waals surface area contributed by atoms with Crippen LogP contribution < -0.4 is 27.4 Å². The van der Waals surface area contributed by atoms with Gasteiger partial charge >= 0.3 is 5.97 Å². The zero-order chi connectivity index (χ0) is 22.9. The van der Waals surface area contributed by atoms with Crippen LogP contribution in [-0.4, -0.2) is 75.8 Å². The number of hydrogen-bond acceptors (Lipinski definition) is 8. The monoisotopic (exact) mass is 435 g/mol. The summed E-state index contributed by atoms with van der Waals surface area (Å²) in [5.41, 5.74) is 10.7. The normalized spacial score (nSPS) is 16.1. The number of aliphatic hydroxyl groups is 1. The molecule has 0 radical (unpaired) electrons. The van der Waals surface area contributed by atoms with Gasteiger partial charge < -0.3 is 37.6 Å². The van der Waals surface area contributed by atoms with Gasteiger partial charge in [0, 0.05) is 5.75 Å². The molecule has 0 saturated heterocycles. The minimum absolute atomic E-state index is 0.129. The van der Waals surface area contributed by atoms with E-state index in [-0.39, 0.29) is 11.7 Å². The molecule has 0 aliphatic carbocycles. The molecule has 0 heterocycles. The number of thiol groups is 1. The Morgan fingerprint density at radius 3 is 1.83 bits per heavy atom. The van der Waals surface area contributed by atoms with Crippen LogP contribution in [-0.2, 0) is 24.0 Å². The average Bonchev–Trinajstić information content (AvgIpc) is 2.61.